The number of hydrogen-bond donors (Lipinski definition) is 2. The predicted molar refractivity (Wildman–Crippen MR) is 136 cm³/mol. The second kappa shape index (κ2) is 11.7. The molecule has 180 valence electrons. The molecule has 11 heteroatoms. The van der Waals surface area contributed by atoms with Gasteiger partial charge in [-0.1, -0.05) is 59.3 Å². The number of halogens is 1. The first-order valence-electron chi connectivity index (χ1n) is 10.6. The molecule has 0 aliphatic rings. The number of hydrogen-bond acceptors (Lipinski definition) is 7. The Bertz CT molecular complexity index is 1280. The van der Waals surface area contributed by atoms with Crippen molar-refractivity contribution in [3.63, 3.8) is 0 Å². The van der Waals surface area contributed by atoms with E-state index in [1.54, 1.807) is 30.3 Å². The third-order valence-electron chi connectivity index (χ3n) is 4.83. The van der Waals surface area contributed by atoms with Gasteiger partial charge in [-0.15, -0.1) is 10.2 Å². The number of anilines is 1. The summed E-state index contributed by atoms with van der Waals surface area (Å²) in [6, 6.07) is 13.2. The van der Waals surface area contributed by atoms with E-state index in [1.165, 1.54) is 23.5 Å². The summed E-state index contributed by atoms with van der Waals surface area (Å²) in [7, 11) is -3.60. The molecule has 34 heavy (non-hydrogen) atoms. The van der Waals surface area contributed by atoms with Crippen LogP contribution < -0.4 is 10.6 Å². The van der Waals surface area contributed by atoms with Gasteiger partial charge in [0, 0.05) is 23.0 Å². The van der Waals surface area contributed by atoms with Crippen molar-refractivity contribution in [1.29, 1.82) is 0 Å². The molecule has 2 N–H and O–H groups in total. The molecule has 2 aromatic carbocycles. The third-order valence-corrected chi connectivity index (χ3v) is 8.02. The third kappa shape index (κ3) is 7.18. The van der Waals surface area contributed by atoms with E-state index in [4.69, 9.17) is 0 Å². The van der Waals surface area contributed by atoms with E-state index < -0.39 is 15.7 Å². The van der Waals surface area contributed by atoms with E-state index in [-0.39, 0.29) is 33.2 Å². The minimum absolute atomic E-state index is 0.00755. The zero-order chi connectivity index (χ0) is 24.7. The summed E-state index contributed by atoms with van der Waals surface area (Å²) in [6.07, 6.45) is 0.948. The molecule has 1 heterocycles. The van der Waals surface area contributed by atoms with Gasteiger partial charge in [-0.2, -0.15) is 0 Å². The summed E-state index contributed by atoms with van der Waals surface area (Å²) >= 11 is 4.51. The van der Waals surface area contributed by atoms with Crippen LogP contribution in [-0.2, 0) is 16.3 Å². The fraction of sp³-hybridized carbons (Fsp3) is 0.304. The largest absolute Gasteiger partial charge is 0.352 e. The molecular weight excluding hydrogens is 540 g/mol. The predicted octanol–water partition coefficient (Wildman–Crippen LogP) is 4.35. The number of aromatic nitrogens is 2. The number of benzene rings is 2. The van der Waals surface area contributed by atoms with Crippen LogP contribution in [0.5, 0.6) is 0 Å². The lowest BCUT2D eigenvalue weighted by molar-refractivity contribution is 0.0953. The Morgan fingerprint density at radius 2 is 1.82 bits per heavy atom. The Morgan fingerprint density at radius 3 is 2.56 bits per heavy atom. The topological polar surface area (TPSA) is 118 Å². The fourth-order valence-corrected chi connectivity index (χ4v) is 5.93. The molecule has 0 radical (unpaired) electrons. The Balaban J connectivity index is 1.60. The maximum absolute atomic E-state index is 12.8. The quantitative estimate of drug-likeness (QED) is 0.378. The van der Waals surface area contributed by atoms with Crippen LogP contribution in [0.2, 0.25) is 0 Å². The first-order chi connectivity index (χ1) is 16.2. The molecule has 0 unspecified atom stereocenters. The Morgan fingerprint density at radius 1 is 1.06 bits per heavy atom. The van der Waals surface area contributed by atoms with Gasteiger partial charge >= 0.3 is 0 Å². The molecule has 3 rings (SSSR count). The molecule has 2 amide bonds. The molecule has 0 saturated carbocycles. The molecule has 0 fully saturated rings. The number of nitrogens with zero attached hydrogens (tertiary/aromatic N) is 2. The van der Waals surface area contributed by atoms with E-state index in [0.29, 0.717) is 30.0 Å². The summed E-state index contributed by atoms with van der Waals surface area (Å²) < 4.78 is 26.4. The number of amides is 2. The molecule has 0 saturated heterocycles. The molecule has 0 aliphatic carbocycles. The summed E-state index contributed by atoms with van der Waals surface area (Å²) in [5.41, 5.74) is 0.617. The summed E-state index contributed by atoms with van der Waals surface area (Å²) in [5, 5.41) is 14.4. The minimum Gasteiger partial charge on any atom is -0.352 e. The highest BCUT2D eigenvalue weighted by atomic mass is 79.9. The van der Waals surface area contributed by atoms with Crippen molar-refractivity contribution < 1.29 is 18.0 Å². The number of sulfone groups is 1. The van der Waals surface area contributed by atoms with E-state index in [9.17, 15) is 18.0 Å². The number of carbonyl (C=O) groups excluding carboxylic acids is 2. The van der Waals surface area contributed by atoms with E-state index >= 15 is 0 Å². The zero-order valence-corrected chi connectivity index (χ0v) is 22.0. The van der Waals surface area contributed by atoms with Crippen LogP contribution in [0.25, 0.3) is 0 Å². The molecule has 8 nitrogen and oxygen atoms in total. The molecule has 3 aromatic rings. The second-order valence-electron chi connectivity index (χ2n) is 7.97. The van der Waals surface area contributed by atoms with Crippen LogP contribution in [0.1, 0.15) is 46.0 Å². The normalized spacial score (nSPS) is 11.4. The highest BCUT2D eigenvalue weighted by Crippen LogP contribution is 2.22. The van der Waals surface area contributed by atoms with Crippen LogP contribution in [-0.4, -0.2) is 42.7 Å². The molecule has 0 spiro atoms. The molecule has 1 aromatic heterocycles. The van der Waals surface area contributed by atoms with Gasteiger partial charge in [-0.3, -0.25) is 14.9 Å². The lowest BCUT2D eigenvalue weighted by Gasteiger charge is -2.11. The van der Waals surface area contributed by atoms with Gasteiger partial charge in [0.05, 0.1) is 16.2 Å². The SMILES string of the molecule is CC(C)CCS(=O)(=O)c1ccccc1C(=O)Nc1nnc(CCNC(=O)c2cccc(Br)c2)s1. The first-order valence-corrected chi connectivity index (χ1v) is 13.9. The highest BCUT2D eigenvalue weighted by Gasteiger charge is 2.23. The van der Waals surface area contributed by atoms with Gasteiger partial charge in [0.25, 0.3) is 11.8 Å². The van der Waals surface area contributed by atoms with Crippen LogP contribution in [0.15, 0.2) is 57.9 Å². The Labute approximate surface area is 211 Å². The first kappa shape index (κ1) is 26.0. The second-order valence-corrected chi connectivity index (χ2v) is 12.0. The number of carbonyl (C=O) groups is 2. The fourth-order valence-electron chi connectivity index (χ4n) is 3.01. The molecule has 0 bridgehead atoms. The number of rotatable bonds is 10. The minimum atomic E-state index is -3.60. The smallest absolute Gasteiger partial charge is 0.258 e. The van der Waals surface area contributed by atoms with Crippen LogP contribution in [0.3, 0.4) is 0 Å². The lowest BCUT2D eigenvalue weighted by atomic mass is 10.2. The highest BCUT2D eigenvalue weighted by molar-refractivity contribution is 9.10. The van der Waals surface area contributed by atoms with Crippen molar-refractivity contribution >= 4 is 54.0 Å². The lowest BCUT2D eigenvalue weighted by Crippen LogP contribution is -2.25. The van der Waals surface area contributed by atoms with Crippen molar-refractivity contribution in [2.45, 2.75) is 31.6 Å². The van der Waals surface area contributed by atoms with Gasteiger partial charge in [0.15, 0.2) is 9.84 Å². The molecule has 0 aliphatic heterocycles. The van der Waals surface area contributed by atoms with E-state index in [2.05, 4.69) is 36.8 Å². The van der Waals surface area contributed by atoms with Crippen molar-refractivity contribution in [2.24, 2.45) is 5.92 Å². The van der Waals surface area contributed by atoms with Gasteiger partial charge < -0.3 is 5.32 Å². The van der Waals surface area contributed by atoms with Crippen molar-refractivity contribution in [1.82, 2.24) is 15.5 Å². The summed E-state index contributed by atoms with van der Waals surface area (Å²) in [5.74, 6) is -0.553. The maximum atomic E-state index is 12.8. The Kier molecular flexibility index (Phi) is 8.92. The van der Waals surface area contributed by atoms with Gasteiger partial charge in [0.1, 0.15) is 5.01 Å². The molecule has 0 atom stereocenters. The van der Waals surface area contributed by atoms with E-state index in [1.807, 2.05) is 19.9 Å². The number of nitrogens with one attached hydrogen (secondary N) is 2. The monoisotopic (exact) mass is 564 g/mol. The summed E-state index contributed by atoms with van der Waals surface area (Å²) in [4.78, 5) is 25.0. The molecular formula is C23H25BrN4O4S2. The average molecular weight is 566 g/mol. The maximum Gasteiger partial charge on any atom is 0.258 e. The van der Waals surface area contributed by atoms with E-state index in [0.717, 1.165) is 4.47 Å². The summed E-state index contributed by atoms with van der Waals surface area (Å²) in [6.45, 7) is 4.26. The Hall–Kier alpha value is -2.63. The zero-order valence-electron chi connectivity index (χ0n) is 18.7. The van der Waals surface area contributed by atoms with Crippen molar-refractivity contribution in [3.8, 4) is 0 Å². The van der Waals surface area contributed by atoms with Gasteiger partial charge in [-0.05, 0) is 42.7 Å². The van der Waals surface area contributed by atoms with Crippen LogP contribution in [0, 0.1) is 5.92 Å². The van der Waals surface area contributed by atoms with Gasteiger partial charge in [-0.25, -0.2) is 8.42 Å². The van der Waals surface area contributed by atoms with Crippen molar-refractivity contribution in [2.75, 3.05) is 17.6 Å². The standard InChI is InChI=1S/C23H25BrN4O4S2/c1-15(2)11-13-34(31,32)19-9-4-3-8-18(19)22(30)26-23-28-27-20(33-23)10-12-25-21(29)16-6-5-7-17(24)14-16/h3-9,14-15H,10-13H2,1-2H3,(H,25,29)(H,26,28,30). The van der Waals surface area contributed by atoms with Gasteiger partial charge in [0.2, 0.25) is 5.13 Å². The van der Waals surface area contributed by atoms with Crippen LogP contribution >= 0.6 is 27.3 Å². The average Bonchev–Trinajstić information content (AvgIpc) is 3.24. The van der Waals surface area contributed by atoms with Crippen molar-refractivity contribution in [3.05, 3.63) is 69.1 Å². The van der Waals surface area contributed by atoms with Crippen LogP contribution in [0.4, 0.5) is 5.13 Å².